The van der Waals surface area contributed by atoms with Crippen molar-refractivity contribution in [3.05, 3.63) is 70.5 Å². The van der Waals surface area contributed by atoms with Crippen LogP contribution >= 0.6 is 23.4 Å². The van der Waals surface area contributed by atoms with Gasteiger partial charge in [0, 0.05) is 24.4 Å². The molecule has 116 valence electrons. The first kappa shape index (κ1) is 16.8. The van der Waals surface area contributed by atoms with E-state index in [0.29, 0.717) is 23.1 Å². The number of rotatable bonds is 6. The maximum Gasteiger partial charge on any atom is 0.232 e. The standard InChI is InChI=1S/C17H17ClFNOS/c1-20(10-13-2-6-15(18)7-3-13)17(21)12-22-11-14-4-8-16(19)9-5-14/h2-9H,10-12H2,1H3. The zero-order valence-corrected chi connectivity index (χ0v) is 13.8. The number of hydrogen-bond donors (Lipinski definition) is 0. The maximum absolute atomic E-state index is 12.8. The average Bonchev–Trinajstić information content (AvgIpc) is 2.51. The van der Waals surface area contributed by atoms with Gasteiger partial charge in [0.05, 0.1) is 5.75 Å². The minimum atomic E-state index is -0.243. The first-order valence-corrected chi connectivity index (χ1v) is 8.38. The van der Waals surface area contributed by atoms with Crippen LogP contribution in [0.2, 0.25) is 5.02 Å². The molecule has 0 saturated carbocycles. The van der Waals surface area contributed by atoms with Gasteiger partial charge in [-0.15, -0.1) is 11.8 Å². The summed E-state index contributed by atoms with van der Waals surface area (Å²) in [5.41, 5.74) is 2.06. The predicted molar refractivity (Wildman–Crippen MR) is 90.5 cm³/mol. The summed E-state index contributed by atoms with van der Waals surface area (Å²) in [7, 11) is 1.79. The van der Waals surface area contributed by atoms with E-state index in [9.17, 15) is 9.18 Å². The largest absolute Gasteiger partial charge is 0.341 e. The minimum absolute atomic E-state index is 0.0714. The van der Waals surface area contributed by atoms with Gasteiger partial charge in [0.1, 0.15) is 5.82 Å². The Morgan fingerprint density at radius 3 is 2.32 bits per heavy atom. The van der Waals surface area contributed by atoms with Crippen LogP contribution in [0.3, 0.4) is 0 Å². The average molecular weight is 338 g/mol. The fourth-order valence-corrected chi connectivity index (χ4v) is 2.95. The minimum Gasteiger partial charge on any atom is -0.341 e. The first-order chi connectivity index (χ1) is 10.5. The summed E-state index contributed by atoms with van der Waals surface area (Å²) in [6, 6.07) is 13.8. The number of halogens is 2. The van der Waals surface area contributed by atoms with E-state index in [-0.39, 0.29) is 11.7 Å². The Balaban J connectivity index is 1.76. The topological polar surface area (TPSA) is 20.3 Å². The van der Waals surface area contributed by atoms with Crippen molar-refractivity contribution in [2.24, 2.45) is 0 Å². The van der Waals surface area contributed by atoms with Crippen molar-refractivity contribution in [3.8, 4) is 0 Å². The fourth-order valence-electron chi connectivity index (χ4n) is 1.90. The molecular formula is C17H17ClFNOS. The molecule has 0 fully saturated rings. The van der Waals surface area contributed by atoms with Gasteiger partial charge in [-0.3, -0.25) is 4.79 Å². The van der Waals surface area contributed by atoms with Crippen LogP contribution in [0.4, 0.5) is 4.39 Å². The molecule has 2 aromatic carbocycles. The van der Waals surface area contributed by atoms with Crippen molar-refractivity contribution in [1.29, 1.82) is 0 Å². The highest BCUT2D eigenvalue weighted by Gasteiger charge is 2.09. The van der Waals surface area contributed by atoms with Crippen molar-refractivity contribution in [1.82, 2.24) is 4.90 Å². The monoisotopic (exact) mass is 337 g/mol. The number of carbonyl (C=O) groups excluding carboxylic acids is 1. The third-order valence-corrected chi connectivity index (χ3v) is 4.41. The summed E-state index contributed by atoms with van der Waals surface area (Å²) >= 11 is 7.37. The van der Waals surface area contributed by atoms with E-state index in [1.807, 2.05) is 24.3 Å². The molecule has 0 aliphatic rings. The summed E-state index contributed by atoms with van der Waals surface area (Å²) < 4.78 is 12.8. The highest BCUT2D eigenvalue weighted by Crippen LogP contribution is 2.15. The lowest BCUT2D eigenvalue weighted by atomic mass is 10.2. The summed E-state index contributed by atoms with van der Waals surface area (Å²) in [4.78, 5) is 13.8. The molecular weight excluding hydrogens is 321 g/mol. The Kier molecular flexibility index (Phi) is 6.28. The van der Waals surface area contributed by atoms with E-state index >= 15 is 0 Å². The van der Waals surface area contributed by atoms with Crippen LogP contribution in [0.15, 0.2) is 48.5 Å². The van der Waals surface area contributed by atoms with Gasteiger partial charge in [-0.2, -0.15) is 0 Å². The third-order valence-electron chi connectivity index (χ3n) is 3.17. The molecule has 0 aliphatic heterocycles. The molecule has 0 heterocycles. The third kappa shape index (κ3) is 5.35. The van der Waals surface area contributed by atoms with Crippen LogP contribution < -0.4 is 0 Å². The molecule has 0 saturated heterocycles. The van der Waals surface area contributed by atoms with Crippen molar-refractivity contribution in [3.63, 3.8) is 0 Å². The Morgan fingerprint density at radius 1 is 1.09 bits per heavy atom. The lowest BCUT2D eigenvalue weighted by Crippen LogP contribution is -2.27. The van der Waals surface area contributed by atoms with Crippen LogP contribution in [0.5, 0.6) is 0 Å². The second-order valence-electron chi connectivity index (χ2n) is 5.00. The molecule has 0 atom stereocenters. The van der Waals surface area contributed by atoms with Gasteiger partial charge in [0.2, 0.25) is 5.91 Å². The quantitative estimate of drug-likeness (QED) is 0.780. The zero-order chi connectivity index (χ0) is 15.9. The van der Waals surface area contributed by atoms with Gasteiger partial charge >= 0.3 is 0 Å². The lowest BCUT2D eigenvalue weighted by Gasteiger charge is -2.17. The number of thioether (sulfide) groups is 1. The Labute approximate surface area is 139 Å². The van der Waals surface area contributed by atoms with E-state index in [4.69, 9.17) is 11.6 Å². The highest BCUT2D eigenvalue weighted by molar-refractivity contribution is 7.99. The van der Waals surface area contributed by atoms with E-state index in [0.717, 1.165) is 11.1 Å². The van der Waals surface area contributed by atoms with Crippen molar-refractivity contribution >= 4 is 29.3 Å². The van der Waals surface area contributed by atoms with Crippen LogP contribution in [-0.2, 0) is 17.1 Å². The van der Waals surface area contributed by atoms with Gasteiger partial charge in [0.25, 0.3) is 0 Å². The van der Waals surface area contributed by atoms with Gasteiger partial charge < -0.3 is 4.90 Å². The number of carbonyl (C=O) groups is 1. The molecule has 5 heteroatoms. The van der Waals surface area contributed by atoms with Gasteiger partial charge in [-0.25, -0.2) is 4.39 Å². The van der Waals surface area contributed by atoms with Gasteiger partial charge in [0.15, 0.2) is 0 Å². The predicted octanol–water partition coefficient (Wildman–Crippen LogP) is 4.37. The van der Waals surface area contributed by atoms with Crippen molar-refractivity contribution < 1.29 is 9.18 Å². The molecule has 0 aliphatic carbocycles. The van der Waals surface area contributed by atoms with Crippen LogP contribution in [0.1, 0.15) is 11.1 Å². The van der Waals surface area contributed by atoms with Gasteiger partial charge in [-0.05, 0) is 35.4 Å². The highest BCUT2D eigenvalue weighted by atomic mass is 35.5. The molecule has 0 spiro atoms. The second kappa shape index (κ2) is 8.20. The van der Waals surface area contributed by atoms with E-state index < -0.39 is 0 Å². The molecule has 22 heavy (non-hydrogen) atoms. The van der Waals surface area contributed by atoms with E-state index in [1.165, 1.54) is 23.9 Å². The smallest absolute Gasteiger partial charge is 0.232 e. The lowest BCUT2D eigenvalue weighted by molar-refractivity contribution is -0.127. The van der Waals surface area contributed by atoms with Crippen molar-refractivity contribution in [2.45, 2.75) is 12.3 Å². The van der Waals surface area contributed by atoms with E-state index in [2.05, 4.69) is 0 Å². The first-order valence-electron chi connectivity index (χ1n) is 6.85. The molecule has 0 aromatic heterocycles. The summed E-state index contributed by atoms with van der Waals surface area (Å²) in [6.45, 7) is 0.563. The molecule has 0 radical (unpaired) electrons. The SMILES string of the molecule is CN(Cc1ccc(Cl)cc1)C(=O)CSCc1ccc(F)cc1. The van der Waals surface area contributed by atoms with Crippen LogP contribution in [0, 0.1) is 5.82 Å². The summed E-state index contributed by atoms with van der Waals surface area (Å²) in [5.74, 6) is 0.928. The van der Waals surface area contributed by atoms with Crippen LogP contribution in [-0.4, -0.2) is 23.6 Å². The Hall–Kier alpha value is -1.52. The molecule has 2 rings (SSSR count). The van der Waals surface area contributed by atoms with Crippen molar-refractivity contribution in [2.75, 3.05) is 12.8 Å². The summed E-state index contributed by atoms with van der Waals surface area (Å²) in [6.07, 6.45) is 0. The Morgan fingerprint density at radius 2 is 1.68 bits per heavy atom. The second-order valence-corrected chi connectivity index (χ2v) is 6.42. The van der Waals surface area contributed by atoms with Gasteiger partial charge in [-0.1, -0.05) is 35.9 Å². The molecule has 0 N–H and O–H groups in total. The molecule has 0 unspecified atom stereocenters. The molecule has 2 aromatic rings. The number of amides is 1. The summed E-state index contributed by atoms with van der Waals surface area (Å²) in [5, 5.41) is 0.688. The Bertz CT molecular complexity index is 616. The van der Waals surface area contributed by atoms with Crippen LogP contribution in [0.25, 0.3) is 0 Å². The number of hydrogen-bond acceptors (Lipinski definition) is 2. The molecule has 0 bridgehead atoms. The zero-order valence-electron chi connectivity index (χ0n) is 12.3. The van der Waals surface area contributed by atoms with E-state index in [1.54, 1.807) is 24.1 Å². The fraction of sp³-hybridized carbons (Fsp3) is 0.235. The number of nitrogens with zero attached hydrogens (tertiary/aromatic N) is 1. The maximum atomic E-state index is 12.8. The normalized spacial score (nSPS) is 10.5. The number of benzene rings is 2. The molecule has 1 amide bonds. The molecule has 2 nitrogen and oxygen atoms in total.